The Bertz CT molecular complexity index is 782. The third-order valence-electron chi connectivity index (χ3n) is 4.02. The number of anilines is 1. The molecule has 0 bridgehead atoms. The molecular weight excluding hydrogens is 288 g/mol. The molecule has 0 aliphatic heterocycles. The van der Waals surface area contributed by atoms with E-state index in [4.69, 9.17) is 5.73 Å². The van der Waals surface area contributed by atoms with Crippen molar-refractivity contribution < 1.29 is 8.42 Å². The molecule has 1 aromatic carbocycles. The average molecular weight is 306 g/mol. The minimum Gasteiger partial charge on any atom is -0.381 e. The summed E-state index contributed by atoms with van der Waals surface area (Å²) in [5.74, 6) is 0.0376. The van der Waals surface area contributed by atoms with Crippen molar-refractivity contribution in [3.8, 4) is 0 Å². The zero-order chi connectivity index (χ0) is 15.2. The molecule has 2 N–H and O–H groups in total. The number of hydrogen-bond acceptors (Lipinski definition) is 4. The van der Waals surface area contributed by atoms with Crippen LogP contribution in [0, 0.1) is 0 Å². The van der Waals surface area contributed by atoms with E-state index >= 15 is 0 Å². The fraction of sp³-hybridized carbons (Fsp3) is 0.357. The maximum absolute atomic E-state index is 12.8. The van der Waals surface area contributed by atoms with Gasteiger partial charge in [-0.25, -0.2) is 8.42 Å². The van der Waals surface area contributed by atoms with Gasteiger partial charge in [-0.3, -0.25) is 4.68 Å². The van der Waals surface area contributed by atoms with E-state index in [1.54, 1.807) is 14.1 Å². The first-order valence-corrected chi connectivity index (χ1v) is 8.20. The molecule has 0 spiro atoms. The highest BCUT2D eigenvalue weighted by Crippen LogP contribution is 2.38. The number of benzene rings is 1. The van der Waals surface area contributed by atoms with Crippen LogP contribution in [-0.2, 0) is 23.5 Å². The lowest BCUT2D eigenvalue weighted by atomic mass is 10.1. The van der Waals surface area contributed by atoms with Crippen LogP contribution in [0.3, 0.4) is 0 Å². The molecule has 7 heteroatoms. The van der Waals surface area contributed by atoms with Crippen molar-refractivity contribution in [2.24, 2.45) is 7.05 Å². The van der Waals surface area contributed by atoms with E-state index in [9.17, 15) is 8.42 Å². The molecule has 0 saturated heterocycles. The molecule has 3 rings (SSSR count). The van der Waals surface area contributed by atoms with Crippen molar-refractivity contribution in [3.05, 3.63) is 41.6 Å². The summed E-state index contributed by atoms with van der Waals surface area (Å²) in [5, 5.41) is 3.92. The highest BCUT2D eigenvalue weighted by molar-refractivity contribution is 7.89. The van der Waals surface area contributed by atoms with Crippen molar-refractivity contribution in [1.29, 1.82) is 0 Å². The normalized spacial score (nSPS) is 18.1. The Kier molecular flexibility index (Phi) is 3.26. The van der Waals surface area contributed by atoms with Gasteiger partial charge in [0.1, 0.15) is 4.90 Å². The molecule has 1 aliphatic rings. The maximum atomic E-state index is 12.8. The van der Waals surface area contributed by atoms with Gasteiger partial charge in [-0.1, -0.05) is 24.3 Å². The van der Waals surface area contributed by atoms with Crippen LogP contribution in [0.15, 0.2) is 35.4 Å². The van der Waals surface area contributed by atoms with Crippen molar-refractivity contribution in [2.45, 2.75) is 23.8 Å². The van der Waals surface area contributed by atoms with Gasteiger partial charge in [0, 0.05) is 20.3 Å². The standard InChI is InChI=1S/C14H18N4O2S/c1-17-9-13(14(15)16-17)21(19,20)18(2)12-8-7-10-5-3-4-6-11(10)12/h3-6,9,12H,7-8H2,1-2H3,(H2,15,16). The molecule has 21 heavy (non-hydrogen) atoms. The summed E-state index contributed by atoms with van der Waals surface area (Å²) in [6, 6.07) is 7.82. The molecule has 1 unspecified atom stereocenters. The number of nitrogens with zero attached hydrogens (tertiary/aromatic N) is 3. The molecule has 1 aromatic heterocycles. The molecule has 1 heterocycles. The Morgan fingerprint density at radius 3 is 2.76 bits per heavy atom. The number of rotatable bonds is 3. The van der Waals surface area contributed by atoms with Crippen LogP contribution in [-0.4, -0.2) is 29.6 Å². The van der Waals surface area contributed by atoms with Gasteiger partial charge in [0.25, 0.3) is 0 Å². The molecule has 1 aliphatic carbocycles. The summed E-state index contributed by atoms with van der Waals surface area (Å²) in [6.45, 7) is 0. The lowest BCUT2D eigenvalue weighted by molar-refractivity contribution is 0.374. The van der Waals surface area contributed by atoms with E-state index in [2.05, 4.69) is 5.10 Å². The number of nitrogens with two attached hydrogens (primary N) is 1. The number of sulfonamides is 1. The number of hydrogen-bond donors (Lipinski definition) is 1. The third kappa shape index (κ3) is 2.22. The smallest absolute Gasteiger partial charge is 0.248 e. The van der Waals surface area contributed by atoms with Crippen LogP contribution in [0.2, 0.25) is 0 Å². The minimum absolute atomic E-state index is 0.0376. The average Bonchev–Trinajstić information content (AvgIpc) is 3.01. The molecule has 0 fully saturated rings. The summed E-state index contributed by atoms with van der Waals surface area (Å²) < 4.78 is 28.3. The van der Waals surface area contributed by atoms with E-state index in [1.165, 1.54) is 20.7 Å². The fourth-order valence-corrected chi connectivity index (χ4v) is 4.37. The van der Waals surface area contributed by atoms with Crippen LogP contribution in [0.1, 0.15) is 23.6 Å². The van der Waals surface area contributed by atoms with Gasteiger partial charge in [-0.15, -0.1) is 0 Å². The summed E-state index contributed by atoms with van der Waals surface area (Å²) in [7, 11) is -0.391. The highest BCUT2D eigenvalue weighted by atomic mass is 32.2. The molecule has 112 valence electrons. The summed E-state index contributed by atoms with van der Waals surface area (Å²) in [4.78, 5) is 0.0666. The Labute approximate surface area is 124 Å². The molecule has 0 radical (unpaired) electrons. The van der Waals surface area contributed by atoms with Crippen molar-refractivity contribution in [2.75, 3.05) is 12.8 Å². The van der Waals surface area contributed by atoms with Crippen molar-refractivity contribution >= 4 is 15.8 Å². The summed E-state index contributed by atoms with van der Waals surface area (Å²) in [5.41, 5.74) is 8.01. The zero-order valence-electron chi connectivity index (χ0n) is 12.0. The molecule has 1 atom stereocenters. The van der Waals surface area contributed by atoms with Gasteiger partial charge in [-0.05, 0) is 24.0 Å². The zero-order valence-corrected chi connectivity index (χ0v) is 12.8. The molecule has 2 aromatic rings. The fourth-order valence-electron chi connectivity index (χ4n) is 2.92. The van der Waals surface area contributed by atoms with Crippen LogP contribution in [0.5, 0.6) is 0 Å². The van der Waals surface area contributed by atoms with Gasteiger partial charge in [-0.2, -0.15) is 9.40 Å². The minimum atomic E-state index is -3.65. The maximum Gasteiger partial charge on any atom is 0.248 e. The summed E-state index contributed by atoms with van der Waals surface area (Å²) in [6.07, 6.45) is 3.13. The predicted molar refractivity (Wildman–Crippen MR) is 80.1 cm³/mol. The van der Waals surface area contributed by atoms with Gasteiger partial charge in [0.05, 0.1) is 6.04 Å². The van der Waals surface area contributed by atoms with Crippen molar-refractivity contribution in [3.63, 3.8) is 0 Å². The SMILES string of the molecule is CN(C1CCc2ccccc21)S(=O)(=O)c1cn(C)nc1N. The second-order valence-electron chi connectivity index (χ2n) is 5.33. The molecule has 6 nitrogen and oxygen atoms in total. The number of fused-ring (bicyclic) bond motifs is 1. The third-order valence-corrected chi connectivity index (χ3v) is 5.90. The van der Waals surface area contributed by atoms with E-state index < -0.39 is 10.0 Å². The largest absolute Gasteiger partial charge is 0.381 e. The second kappa shape index (κ2) is 4.85. The lowest BCUT2D eigenvalue weighted by Gasteiger charge is -2.24. The first-order chi connectivity index (χ1) is 9.91. The van der Waals surface area contributed by atoms with Crippen LogP contribution >= 0.6 is 0 Å². The molecule has 0 amide bonds. The monoisotopic (exact) mass is 306 g/mol. The van der Waals surface area contributed by atoms with Crippen molar-refractivity contribution in [1.82, 2.24) is 14.1 Å². The predicted octanol–water partition coefficient (Wildman–Crippen LogP) is 1.31. The van der Waals surface area contributed by atoms with Crippen LogP contribution in [0.4, 0.5) is 5.82 Å². The first kappa shape index (κ1) is 14.1. The highest BCUT2D eigenvalue weighted by Gasteiger charge is 2.35. The topological polar surface area (TPSA) is 81.2 Å². The van der Waals surface area contributed by atoms with E-state index in [-0.39, 0.29) is 16.8 Å². The first-order valence-electron chi connectivity index (χ1n) is 6.76. The quantitative estimate of drug-likeness (QED) is 0.927. The molecule has 0 saturated carbocycles. The summed E-state index contributed by atoms with van der Waals surface area (Å²) >= 11 is 0. The van der Waals surface area contributed by atoms with Gasteiger partial charge < -0.3 is 5.73 Å². The van der Waals surface area contributed by atoms with Gasteiger partial charge >= 0.3 is 0 Å². The number of aromatic nitrogens is 2. The van der Waals surface area contributed by atoms with Gasteiger partial charge in [0.2, 0.25) is 10.0 Å². The second-order valence-corrected chi connectivity index (χ2v) is 7.29. The number of aryl methyl sites for hydroxylation is 2. The van der Waals surface area contributed by atoms with E-state index in [0.29, 0.717) is 0 Å². The number of nitrogen functional groups attached to an aromatic ring is 1. The Balaban J connectivity index is 1.99. The van der Waals surface area contributed by atoms with E-state index in [1.807, 2.05) is 24.3 Å². The van der Waals surface area contributed by atoms with Crippen LogP contribution in [0.25, 0.3) is 0 Å². The Morgan fingerprint density at radius 1 is 1.38 bits per heavy atom. The van der Waals surface area contributed by atoms with E-state index in [0.717, 1.165) is 18.4 Å². The van der Waals surface area contributed by atoms with Gasteiger partial charge in [0.15, 0.2) is 5.82 Å². The Morgan fingerprint density at radius 2 is 2.10 bits per heavy atom. The van der Waals surface area contributed by atoms with Crippen LogP contribution < -0.4 is 5.73 Å². The lowest BCUT2D eigenvalue weighted by Crippen LogP contribution is -2.30. The Hall–Kier alpha value is -1.86. The molecular formula is C14H18N4O2S.